The number of hydrogen-bond donors (Lipinski definition) is 1. The van der Waals surface area contributed by atoms with E-state index in [0.29, 0.717) is 0 Å². The highest BCUT2D eigenvalue weighted by atomic mass is 35.5. The minimum Gasteiger partial charge on any atom is -0.478 e. The van der Waals surface area contributed by atoms with Gasteiger partial charge in [0.25, 0.3) is 0 Å². The van der Waals surface area contributed by atoms with Gasteiger partial charge in [-0.3, -0.25) is 4.68 Å². The highest BCUT2D eigenvalue weighted by Gasteiger charge is 2.36. The van der Waals surface area contributed by atoms with Crippen LogP contribution in [-0.4, -0.2) is 20.9 Å². The molecule has 0 saturated carbocycles. The van der Waals surface area contributed by atoms with Gasteiger partial charge in [0.1, 0.15) is 17.3 Å². The highest BCUT2D eigenvalue weighted by molar-refractivity contribution is 6.31. The normalized spacial score (nSPS) is 12.8. The van der Waals surface area contributed by atoms with Gasteiger partial charge >= 0.3 is 12.1 Å². The Morgan fingerprint density at radius 1 is 1.06 bits per heavy atom. The third-order valence-electron chi connectivity index (χ3n) is 5.30. The molecular formula is C23H14ClF5N2O2. The van der Waals surface area contributed by atoms with Gasteiger partial charge in [-0.25, -0.2) is 13.6 Å². The van der Waals surface area contributed by atoms with Gasteiger partial charge in [-0.2, -0.15) is 18.3 Å². The van der Waals surface area contributed by atoms with E-state index in [-0.39, 0.29) is 38.3 Å². The second kappa shape index (κ2) is 8.15. The van der Waals surface area contributed by atoms with Gasteiger partial charge in [0.2, 0.25) is 0 Å². The molecule has 0 aliphatic rings. The van der Waals surface area contributed by atoms with Crippen LogP contribution in [0.2, 0.25) is 5.02 Å². The van der Waals surface area contributed by atoms with E-state index in [2.05, 4.69) is 5.10 Å². The molecule has 1 unspecified atom stereocenters. The van der Waals surface area contributed by atoms with Gasteiger partial charge in [-0.1, -0.05) is 23.7 Å². The van der Waals surface area contributed by atoms with Crippen molar-refractivity contribution in [1.82, 2.24) is 9.78 Å². The number of nitrogens with zero attached hydrogens (tertiary/aromatic N) is 2. The average Bonchev–Trinajstić information content (AvgIpc) is 3.13. The van der Waals surface area contributed by atoms with E-state index < -0.39 is 35.4 Å². The Morgan fingerprint density at radius 3 is 2.39 bits per heavy atom. The van der Waals surface area contributed by atoms with Crippen molar-refractivity contribution in [1.29, 1.82) is 0 Å². The molecule has 170 valence electrons. The zero-order chi connectivity index (χ0) is 24.1. The van der Waals surface area contributed by atoms with Crippen molar-refractivity contribution in [3.63, 3.8) is 0 Å². The van der Waals surface area contributed by atoms with E-state index in [1.165, 1.54) is 31.2 Å². The van der Waals surface area contributed by atoms with Crippen molar-refractivity contribution in [2.75, 3.05) is 0 Å². The Hall–Kier alpha value is -3.46. The van der Waals surface area contributed by atoms with E-state index in [9.17, 15) is 26.7 Å². The van der Waals surface area contributed by atoms with Crippen LogP contribution in [0.25, 0.3) is 22.2 Å². The average molecular weight is 481 g/mol. The Balaban J connectivity index is 1.98. The number of aromatic nitrogens is 2. The Morgan fingerprint density at radius 2 is 1.76 bits per heavy atom. The third-order valence-corrected chi connectivity index (χ3v) is 5.63. The van der Waals surface area contributed by atoms with Gasteiger partial charge in [-0.15, -0.1) is 0 Å². The number of fused-ring (bicyclic) bond motifs is 1. The van der Waals surface area contributed by atoms with Crippen LogP contribution in [-0.2, 0) is 6.18 Å². The first-order valence-corrected chi connectivity index (χ1v) is 9.94. The fraction of sp³-hybridized carbons (Fsp3) is 0.130. The molecule has 0 aliphatic carbocycles. The predicted octanol–water partition coefficient (Wildman–Crippen LogP) is 6.96. The number of alkyl halides is 3. The highest BCUT2D eigenvalue weighted by Crippen LogP contribution is 2.41. The molecule has 4 aromatic rings. The first kappa shape index (κ1) is 22.7. The predicted molar refractivity (Wildman–Crippen MR) is 112 cm³/mol. The number of rotatable bonds is 4. The van der Waals surface area contributed by atoms with Crippen molar-refractivity contribution in [2.24, 2.45) is 0 Å². The molecule has 0 amide bonds. The van der Waals surface area contributed by atoms with E-state index >= 15 is 0 Å². The molecule has 4 nitrogen and oxygen atoms in total. The van der Waals surface area contributed by atoms with E-state index in [0.717, 1.165) is 35.0 Å². The third kappa shape index (κ3) is 3.93. The molecule has 0 bridgehead atoms. The topological polar surface area (TPSA) is 55.1 Å². The summed E-state index contributed by atoms with van der Waals surface area (Å²) in [6, 6.07) is 9.21. The largest absolute Gasteiger partial charge is 0.478 e. The van der Waals surface area contributed by atoms with Crippen LogP contribution >= 0.6 is 11.6 Å². The Kier molecular flexibility index (Phi) is 5.61. The monoisotopic (exact) mass is 480 g/mol. The van der Waals surface area contributed by atoms with Crippen LogP contribution < -0.4 is 0 Å². The lowest BCUT2D eigenvalue weighted by molar-refractivity contribution is -0.138. The number of benzene rings is 3. The summed E-state index contributed by atoms with van der Waals surface area (Å²) in [5, 5.41) is 13.0. The van der Waals surface area contributed by atoms with Crippen LogP contribution in [0.15, 0.2) is 54.6 Å². The summed E-state index contributed by atoms with van der Waals surface area (Å²) >= 11 is 6.13. The number of carboxylic acid groups (broad SMARTS) is 1. The summed E-state index contributed by atoms with van der Waals surface area (Å²) in [5.74, 6) is -3.09. The fourth-order valence-corrected chi connectivity index (χ4v) is 4.14. The summed E-state index contributed by atoms with van der Waals surface area (Å²) in [6.45, 7) is 1.42. The summed E-state index contributed by atoms with van der Waals surface area (Å²) in [4.78, 5) is 11.1. The standard InChI is InChI=1S/C23H14ClF5N2O2/c1-11(19-14(23(27,28)29)4-2-5-15(19)24)31-18-7-3-6-16(25)20(18)21(30-31)13-9-8-12(22(32)33)10-17(13)26/h2-11H,1H3,(H,32,33). The van der Waals surface area contributed by atoms with Gasteiger partial charge < -0.3 is 5.11 Å². The summed E-state index contributed by atoms with van der Waals surface area (Å²) < 4.78 is 71.7. The molecule has 3 aromatic carbocycles. The van der Waals surface area contributed by atoms with Crippen LogP contribution in [0.3, 0.4) is 0 Å². The minimum atomic E-state index is -4.70. The molecule has 1 atom stereocenters. The Bertz CT molecular complexity index is 1400. The molecule has 0 saturated heterocycles. The van der Waals surface area contributed by atoms with Gasteiger partial charge in [-0.05, 0) is 49.4 Å². The number of carbonyl (C=O) groups is 1. The Labute approximate surface area is 188 Å². The van der Waals surface area contributed by atoms with Crippen LogP contribution in [0.1, 0.15) is 34.5 Å². The fourth-order valence-electron chi connectivity index (χ4n) is 3.80. The molecule has 33 heavy (non-hydrogen) atoms. The first-order valence-electron chi connectivity index (χ1n) is 9.56. The van der Waals surface area contributed by atoms with Crippen LogP contribution in [0.5, 0.6) is 0 Å². The number of halogens is 6. The maximum Gasteiger partial charge on any atom is 0.416 e. The molecule has 1 heterocycles. The summed E-state index contributed by atoms with van der Waals surface area (Å²) in [6.07, 6.45) is -4.70. The lowest BCUT2D eigenvalue weighted by Gasteiger charge is -2.21. The molecule has 0 radical (unpaired) electrons. The lowest BCUT2D eigenvalue weighted by Crippen LogP contribution is -2.16. The SMILES string of the molecule is CC(c1c(Cl)cccc1C(F)(F)F)n1nc(-c2ccc(C(=O)O)cc2F)c2c(F)cccc21. The van der Waals surface area contributed by atoms with E-state index in [1.54, 1.807) is 0 Å². The van der Waals surface area contributed by atoms with E-state index in [4.69, 9.17) is 16.7 Å². The van der Waals surface area contributed by atoms with Crippen LogP contribution in [0, 0.1) is 11.6 Å². The molecule has 1 aromatic heterocycles. The second-order valence-electron chi connectivity index (χ2n) is 7.30. The number of aromatic carboxylic acids is 1. The van der Waals surface area contributed by atoms with E-state index in [1.807, 2.05) is 0 Å². The van der Waals surface area contributed by atoms with Crippen molar-refractivity contribution in [2.45, 2.75) is 19.1 Å². The van der Waals surface area contributed by atoms with Gasteiger partial charge in [0.15, 0.2) is 0 Å². The minimum absolute atomic E-state index is 0.118. The second-order valence-corrected chi connectivity index (χ2v) is 7.71. The maximum atomic E-state index is 14.8. The van der Waals surface area contributed by atoms with Crippen molar-refractivity contribution < 1.29 is 31.9 Å². The first-order chi connectivity index (χ1) is 15.5. The quantitative estimate of drug-likeness (QED) is 0.321. The van der Waals surface area contributed by atoms with Gasteiger partial charge in [0.05, 0.1) is 28.1 Å². The lowest BCUT2D eigenvalue weighted by atomic mass is 10.0. The molecule has 0 fully saturated rings. The zero-order valence-electron chi connectivity index (χ0n) is 16.8. The van der Waals surface area contributed by atoms with Crippen LogP contribution in [0.4, 0.5) is 22.0 Å². The molecule has 1 N–H and O–H groups in total. The van der Waals surface area contributed by atoms with Crippen molar-refractivity contribution in [3.05, 3.63) is 87.9 Å². The molecule has 0 aliphatic heterocycles. The molecular weight excluding hydrogens is 467 g/mol. The maximum absolute atomic E-state index is 14.8. The zero-order valence-corrected chi connectivity index (χ0v) is 17.5. The molecule has 4 rings (SSSR count). The summed E-state index contributed by atoms with van der Waals surface area (Å²) in [5.41, 5.74) is -1.82. The number of hydrogen-bond acceptors (Lipinski definition) is 2. The van der Waals surface area contributed by atoms with Crippen molar-refractivity contribution in [3.8, 4) is 11.3 Å². The van der Waals surface area contributed by atoms with Crippen molar-refractivity contribution >= 4 is 28.5 Å². The molecule has 0 spiro atoms. The summed E-state index contributed by atoms with van der Waals surface area (Å²) in [7, 11) is 0. The van der Waals surface area contributed by atoms with Gasteiger partial charge in [0, 0.05) is 16.1 Å². The number of carboxylic acids is 1. The molecule has 10 heteroatoms. The smallest absolute Gasteiger partial charge is 0.416 e.